The van der Waals surface area contributed by atoms with Gasteiger partial charge < -0.3 is 14.5 Å². The van der Waals surface area contributed by atoms with Gasteiger partial charge in [-0.15, -0.1) is 0 Å². The Balaban J connectivity index is 1.55. The van der Waals surface area contributed by atoms with E-state index < -0.39 is 17.6 Å². The van der Waals surface area contributed by atoms with Crippen molar-refractivity contribution in [1.82, 2.24) is 9.80 Å². The van der Waals surface area contributed by atoms with Crippen LogP contribution >= 0.6 is 11.6 Å². The number of rotatable bonds is 7. The second-order valence-electron chi connectivity index (χ2n) is 12.7. The molecule has 2 aromatic carbocycles. The van der Waals surface area contributed by atoms with Crippen molar-refractivity contribution in [3.63, 3.8) is 0 Å². The normalized spacial score (nSPS) is 22.5. The smallest absolute Gasteiger partial charge is 0.419 e. The molecule has 0 N–H and O–H groups in total. The number of nitrogens with zero attached hydrogens (tertiary/aromatic N) is 2. The highest BCUT2D eigenvalue weighted by Gasteiger charge is 2.44. The number of likely N-dealkylation sites (tertiary alicyclic amines) is 1. The highest BCUT2D eigenvalue weighted by atomic mass is 35.5. The molecule has 0 aromatic heterocycles. The van der Waals surface area contributed by atoms with Crippen LogP contribution in [-0.2, 0) is 11.0 Å². The minimum atomic E-state index is -4.67. The summed E-state index contributed by atoms with van der Waals surface area (Å²) < 4.78 is 45.9. The molecule has 1 saturated carbocycles. The summed E-state index contributed by atoms with van der Waals surface area (Å²) in [5.74, 6) is -1.00. The maximum absolute atomic E-state index is 13.8. The zero-order valence-electron chi connectivity index (χ0n) is 24.4. The molecule has 0 radical (unpaired) electrons. The van der Waals surface area contributed by atoms with Gasteiger partial charge in [0.15, 0.2) is 0 Å². The van der Waals surface area contributed by atoms with E-state index in [2.05, 4.69) is 25.7 Å². The fourth-order valence-corrected chi connectivity index (χ4v) is 6.67. The molecule has 4 rings (SSSR count). The molecule has 1 heterocycles. The topological polar surface area (TPSA) is 49.9 Å². The van der Waals surface area contributed by atoms with E-state index >= 15 is 0 Å². The summed E-state index contributed by atoms with van der Waals surface area (Å²) in [6, 6.07) is 10.4. The van der Waals surface area contributed by atoms with Crippen molar-refractivity contribution in [2.45, 2.75) is 64.6 Å². The third-order valence-corrected chi connectivity index (χ3v) is 8.74. The van der Waals surface area contributed by atoms with E-state index in [1.165, 1.54) is 24.1 Å². The number of ketones is 1. The number of amides is 1. The minimum absolute atomic E-state index is 0.0159. The Morgan fingerprint density at radius 2 is 1.63 bits per heavy atom. The third-order valence-electron chi connectivity index (χ3n) is 8.49. The van der Waals surface area contributed by atoms with Crippen molar-refractivity contribution >= 4 is 23.3 Å². The Morgan fingerprint density at radius 3 is 2.20 bits per heavy atom. The molecule has 5 nitrogen and oxygen atoms in total. The monoisotopic (exact) mass is 592 g/mol. The van der Waals surface area contributed by atoms with Gasteiger partial charge >= 0.3 is 6.18 Å². The predicted octanol–water partition coefficient (Wildman–Crippen LogP) is 7.33. The lowest BCUT2D eigenvalue weighted by Crippen LogP contribution is -2.42. The molecule has 3 atom stereocenters. The van der Waals surface area contributed by atoms with Crippen molar-refractivity contribution in [3.05, 3.63) is 64.2 Å². The van der Waals surface area contributed by atoms with Crippen LogP contribution < -0.4 is 4.74 Å². The van der Waals surface area contributed by atoms with Gasteiger partial charge in [-0.2, -0.15) is 13.2 Å². The van der Waals surface area contributed by atoms with Crippen molar-refractivity contribution in [1.29, 1.82) is 0 Å². The van der Waals surface area contributed by atoms with E-state index in [0.29, 0.717) is 17.9 Å². The summed E-state index contributed by atoms with van der Waals surface area (Å²) in [7, 11) is 2.78. The summed E-state index contributed by atoms with van der Waals surface area (Å²) >= 11 is 6.13. The molecular formula is C32H40ClF3N2O3. The lowest BCUT2D eigenvalue weighted by atomic mass is 9.83. The van der Waals surface area contributed by atoms with Crippen molar-refractivity contribution in [3.8, 4) is 5.75 Å². The zero-order valence-corrected chi connectivity index (χ0v) is 25.2. The Morgan fingerprint density at radius 1 is 1.00 bits per heavy atom. The van der Waals surface area contributed by atoms with Gasteiger partial charge in [0.2, 0.25) is 0 Å². The zero-order chi connectivity index (χ0) is 30.1. The van der Waals surface area contributed by atoms with Crippen LogP contribution in [0, 0.1) is 17.3 Å². The van der Waals surface area contributed by atoms with Crippen molar-refractivity contribution in [2.75, 3.05) is 33.8 Å². The molecule has 9 heteroatoms. The van der Waals surface area contributed by atoms with E-state index in [1.807, 2.05) is 12.1 Å². The first kappa shape index (κ1) is 31.4. The fourth-order valence-electron chi connectivity index (χ4n) is 6.54. The minimum Gasteiger partial charge on any atom is -0.496 e. The summed E-state index contributed by atoms with van der Waals surface area (Å²) in [4.78, 5) is 31.3. The van der Waals surface area contributed by atoms with Crippen molar-refractivity contribution < 1.29 is 27.5 Å². The average molecular weight is 593 g/mol. The molecule has 41 heavy (non-hydrogen) atoms. The maximum Gasteiger partial charge on any atom is 0.419 e. The number of Topliss-reactive ketones (excluding diaryl/α,β-unsaturated/α-hetero) is 1. The fraction of sp³-hybridized carbons (Fsp3) is 0.562. The van der Waals surface area contributed by atoms with E-state index in [0.717, 1.165) is 44.1 Å². The van der Waals surface area contributed by atoms with Crippen LogP contribution in [0.2, 0.25) is 5.02 Å². The lowest BCUT2D eigenvalue weighted by Gasteiger charge is -2.36. The molecule has 1 aliphatic heterocycles. The van der Waals surface area contributed by atoms with Gasteiger partial charge in [0.05, 0.1) is 12.7 Å². The molecule has 2 unspecified atom stereocenters. The van der Waals surface area contributed by atoms with Gasteiger partial charge in [-0.1, -0.05) is 44.5 Å². The van der Waals surface area contributed by atoms with Crippen LogP contribution in [0.15, 0.2) is 42.5 Å². The highest BCUT2D eigenvalue weighted by molar-refractivity contribution is 6.30. The maximum atomic E-state index is 13.8. The number of alkyl halides is 3. The van der Waals surface area contributed by atoms with Gasteiger partial charge in [0.1, 0.15) is 11.5 Å². The van der Waals surface area contributed by atoms with Crippen LogP contribution in [-0.4, -0.2) is 61.3 Å². The summed E-state index contributed by atoms with van der Waals surface area (Å²) in [6.45, 7) is 9.42. The summed E-state index contributed by atoms with van der Waals surface area (Å²) in [6.07, 6.45) is -1.97. The van der Waals surface area contributed by atoms with Crippen LogP contribution in [0.4, 0.5) is 13.2 Å². The van der Waals surface area contributed by atoms with E-state index in [-0.39, 0.29) is 46.3 Å². The third kappa shape index (κ3) is 7.44. The first-order valence-electron chi connectivity index (χ1n) is 14.2. The van der Waals surface area contributed by atoms with Crippen LogP contribution in [0.25, 0.3) is 0 Å². The van der Waals surface area contributed by atoms with Gasteiger partial charge in [-0.25, -0.2) is 0 Å². The molecule has 0 bridgehead atoms. The number of ether oxygens (including phenoxy) is 1. The molecular weight excluding hydrogens is 553 g/mol. The highest BCUT2D eigenvalue weighted by Crippen LogP contribution is 2.44. The second kappa shape index (κ2) is 12.3. The standard InChI is InChI=1S/C32H40ClF3N2O3/c1-31(2,3)19-38-14-12-21(13-15-38)29(39)23-16-25(20-6-9-24(33)10-7-20)27(18-23)37(4)30(40)22-8-11-28(41-5)26(17-22)32(34,35)36/h6-11,17,21,23,25,27H,12-16,18-19H2,1-5H3/t23?,25-,27?/m1/s1. The quantitative estimate of drug-likeness (QED) is 0.338. The second-order valence-corrected chi connectivity index (χ2v) is 13.2. The molecule has 1 aliphatic carbocycles. The number of halogens is 4. The number of benzene rings is 2. The number of hydrogen-bond acceptors (Lipinski definition) is 4. The average Bonchev–Trinajstić information content (AvgIpc) is 3.36. The molecule has 2 aliphatic rings. The Kier molecular flexibility index (Phi) is 9.44. The number of methoxy groups -OCH3 is 1. The summed E-state index contributed by atoms with van der Waals surface area (Å²) in [5, 5.41) is 0.584. The molecule has 2 aromatic rings. The number of hydrogen-bond donors (Lipinski definition) is 0. The first-order valence-corrected chi connectivity index (χ1v) is 14.6. The molecule has 224 valence electrons. The predicted molar refractivity (Wildman–Crippen MR) is 154 cm³/mol. The summed E-state index contributed by atoms with van der Waals surface area (Å²) in [5.41, 5.74) is 0.0886. The van der Waals surface area contributed by atoms with E-state index in [1.54, 1.807) is 19.2 Å². The van der Waals surface area contributed by atoms with Gasteiger partial charge in [-0.3, -0.25) is 9.59 Å². The number of likely N-dealkylation sites (N-methyl/N-ethyl adjacent to an activating group) is 1. The van der Waals surface area contributed by atoms with E-state index in [4.69, 9.17) is 16.3 Å². The number of carbonyl (C=O) groups excluding carboxylic acids is 2. The van der Waals surface area contributed by atoms with Crippen LogP contribution in [0.3, 0.4) is 0 Å². The van der Waals surface area contributed by atoms with Gasteiger partial charge in [0, 0.05) is 48.0 Å². The lowest BCUT2D eigenvalue weighted by molar-refractivity contribution is -0.138. The SMILES string of the molecule is COc1ccc(C(=O)N(C)C2CC(C(=O)C3CCN(CC(C)(C)C)CC3)C[C@@H]2c2ccc(Cl)cc2)cc1C(F)(F)F. The number of piperidine rings is 1. The Hall–Kier alpha value is -2.58. The van der Waals surface area contributed by atoms with Crippen molar-refractivity contribution in [2.24, 2.45) is 17.3 Å². The van der Waals surface area contributed by atoms with Crippen LogP contribution in [0.1, 0.15) is 73.9 Å². The number of carbonyl (C=O) groups is 2. The van der Waals surface area contributed by atoms with Gasteiger partial charge in [0.25, 0.3) is 5.91 Å². The van der Waals surface area contributed by atoms with E-state index in [9.17, 15) is 22.8 Å². The molecule has 0 spiro atoms. The molecule has 1 amide bonds. The molecule has 2 fully saturated rings. The Labute approximate surface area is 246 Å². The van der Waals surface area contributed by atoms with Gasteiger partial charge in [-0.05, 0) is 80.1 Å². The Bertz CT molecular complexity index is 1230. The first-order chi connectivity index (χ1) is 19.2. The van der Waals surface area contributed by atoms with Crippen LogP contribution in [0.5, 0.6) is 5.75 Å². The largest absolute Gasteiger partial charge is 0.496 e. The molecule has 1 saturated heterocycles.